The second-order valence-electron chi connectivity index (χ2n) is 11.1. The van der Waals surface area contributed by atoms with Crippen molar-refractivity contribution in [3.05, 3.63) is 89.2 Å². The first-order valence-corrected chi connectivity index (χ1v) is 15.7. The van der Waals surface area contributed by atoms with E-state index in [1.807, 2.05) is 53.9 Å². The van der Waals surface area contributed by atoms with E-state index in [1.165, 1.54) is 7.11 Å². The predicted molar refractivity (Wildman–Crippen MR) is 178 cm³/mol. The first-order chi connectivity index (χ1) is 22.4. The molecule has 11 nitrogen and oxygen atoms in total. The number of benzene rings is 3. The fourth-order valence-corrected chi connectivity index (χ4v) is 6.55. The van der Waals surface area contributed by atoms with Gasteiger partial charge in [0.2, 0.25) is 11.7 Å². The molecule has 2 N–H and O–H groups in total. The van der Waals surface area contributed by atoms with Gasteiger partial charge in [0.25, 0.3) is 11.8 Å². The molecule has 2 aliphatic heterocycles. The zero-order valence-electron chi connectivity index (χ0n) is 25.1. The molecule has 0 bridgehead atoms. The number of aryl methyl sites for hydroxylation is 1. The molecule has 4 heterocycles. The zero-order chi connectivity index (χ0) is 31.8. The van der Waals surface area contributed by atoms with Crippen LogP contribution >= 0.6 is 11.3 Å². The van der Waals surface area contributed by atoms with Crippen LogP contribution in [0, 0.1) is 0 Å². The maximum Gasteiger partial charge on any atom is 0.291 e. The summed E-state index contributed by atoms with van der Waals surface area (Å²) in [4.78, 5) is 49.9. The van der Waals surface area contributed by atoms with Crippen LogP contribution in [0.25, 0.3) is 10.1 Å². The molecule has 0 saturated carbocycles. The molecular weight excluding hydrogens is 604 g/mol. The van der Waals surface area contributed by atoms with Crippen LogP contribution in [-0.4, -0.2) is 53.2 Å². The fraction of sp³-hybridized carbons (Fsp3) is 0.206. The van der Waals surface area contributed by atoms with Gasteiger partial charge in [0.1, 0.15) is 0 Å². The van der Waals surface area contributed by atoms with Crippen molar-refractivity contribution < 1.29 is 23.9 Å². The van der Waals surface area contributed by atoms with Crippen LogP contribution in [-0.2, 0) is 18.3 Å². The number of methoxy groups -OCH3 is 1. The molecule has 2 aromatic heterocycles. The smallest absolute Gasteiger partial charge is 0.291 e. The average molecular weight is 635 g/mol. The van der Waals surface area contributed by atoms with Crippen LogP contribution in [0.5, 0.6) is 11.5 Å². The molecule has 232 valence electrons. The Balaban J connectivity index is 0.946. The summed E-state index contributed by atoms with van der Waals surface area (Å²) < 4.78 is 14.2. The van der Waals surface area contributed by atoms with E-state index in [9.17, 15) is 14.4 Å². The normalized spacial score (nSPS) is 14.8. The van der Waals surface area contributed by atoms with Crippen molar-refractivity contribution in [1.82, 2.24) is 9.55 Å². The first-order valence-electron chi connectivity index (χ1n) is 14.8. The van der Waals surface area contributed by atoms with Gasteiger partial charge in [0, 0.05) is 54.4 Å². The molecule has 5 aromatic rings. The lowest BCUT2D eigenvalue weighted by Crippen LogP contribution is -2.37. The van der Waals surface area contributed by atoms with Crippen molar-refractivity contribution in [3.63, 3.8) is 0 Å². The summed E-state index contributed by atoms with van der Waals surface area (Å²) in [5, 5.41) is 8.67. The number of imidazole rings is 1. The number of amides is 3. The number of anilines is 3. The van der Waals surface area contributed by atoms with E-state index in [2.05, 4.69) is 20.6 Å². The molecule has 3 amide bonds. The minimum absolute atomic E-state index is 0.140. The van der Waals surface area contributed by atoms with Crippen LogP contribution in [0.1, 0.15) is 39.4 Å². The zero-order valence-corrected chi connectivity index (χ0v) is 26.0. The number of hydrogen-bond acceptors (Lipinski definition) is 8. The van der Waals surface area contributed by atoms with Crippen molar-refractivity contribution >= 4 is 68.2 Å². The van der Waals surface area contributed by atoms with Gasteiger partial charge in [-0.2, -0.15) is 0 Å². The maximum atomic E-state index is 13.6. The summed E-state index contributed by atoms with van der Waals surface area (Å²) in [7, 11) is 3.21. The highest BCUT2D eigenvalue weighted by Gasteiger charge is 2.36. The Labute approximate surface area is 268 Å². The number of ether oxygens (including phenoxy) is 2. The quantitative estimate of drug-likeness (QED) is 0.192. The molecular formula is C34H30N6O5S. The van der Waals surface area contributed by atoms with Gasteiger partial charge in [-0.1, -0.05) is 18.2 Å². The summed E-state index contributed by atoms with van der Waals surface area (Å²) >= 11 is 1.64. The highest BCUT2D eigenvalue weighted by atomic mass is 32.1. The number of aliphatic imine (C=N–C) groups is 1. The van der Waals surface area contributed by atoms with Crippen LogP contribution in [0.2, 0.25) is 0 Å². The van der Waals surface area contributed by atoms with Gasteiger partial charge in [-0.15, -0.1) is 11.3 Å². The standard InChI is InChI=1S/C34H30N6O5S/c1-39-19-30(38-32(39)33(42)36-22-9-10-29-21(14-22)11-13-46-29)37-31(41)8-5-12-45-28-17-25-24(16-27(28)44-2)34(43)40-23(18-35-25)15-20-6-3-4-7-26(20)40/h3-4,6-7,9-11,13-14,16-19,23H,5,8,12,15H2,1-2H3,(H,36,42)(H,37,41)/t23-/m0/s1. The van der Waals surface area contributed by atoms with Crippen molar-refractivity contribution in [2.75, 3.05) is 29.3 Å². The summed E-state index contributed by atoms with van der Waals surface area (Å²) in [5.41, 5.74) is 3.62. The van der Waals surface area contributed by atoms with E-state index in [-0.39, 0.29) is 48.4 Å². The second-order valence-corrected chi connectivity index (χ2v) is 12.0. The maximum absolute atomic E-state index is 13.6. The van der Waals surface area contributed by atoms with Crippen LogP contribution < -0.4 is 25.0 Å². The highest BCUT2D eigenvalue weighted by Crippen LogP contribution is 2.41. The lowest BCUT2D eigenvalue weighted by molar-refractivity contribution is -0.116. The van der Waals surface area contributed by atoms with E-state index < -0.39 is 0 Å². The molecule has 0 fully saturated rings. The molecule has 0 aliphatic carbocycles. The molecule has 0 unspecified atom stereocenters. The van der Waals surface area contributed by atoms with Crippen molar-refractivity contribution in [2.45, 2.75) is 25.3 Å². The summed E-state index contributed by atoms with van der Waals surface area (Å²) in [6.45, 7) is 0.229. The third-order valence-corrected chi connectivity index (χ3v) is 8.89. The first kappa shape index (κ1) is 29.2. The minimum atomic E-state index is -0.378. The minimum Gasteiger partial charge on any atom is -0.493 e. The largest absolute Gasteiger partial charge is 0.493 e. The molecule has 7 rings (SSSR count). The Morgan fingerprint density at radius 3 is 2.80 bits per heavy atom. The van der Waals surface area contributed by atoms with Gasteiger partial charge in [-0.25, -0.2) is 4.98 Å². The monoisotopic (exact) mass is 634 g/mol. The number of para-hydroxylation sites is 1. The number of aromatic nitrogens is 2. The van der Waals surface area contributed by atoms with Crippen LogP contribution in [0.15, 0.2) is 77.2 Å². The van der Waals surface area contributed by atoms with Crippen molar-refractivity contribution in [3.8, 4) is 11.5 Å². The Bertz CT molecular complexity index is 2030. The average Bonchev–Trinajstić information content (AvgIpc) is 3.75. The van der Waals surface area contributed by atoms with E-state index in [0.29, 0.717) is 41.3 Å². The molecule has 0 saturated heterocycles. The third kappa shape index (κ3) is 5.58. The van der Waals surface area contributed by atoms with Gasteiger partial charge >= 0.3 is 0 Å². The summed E-state index contributed by atoms with van der Waals surface area (Å²) in [6, 6.07) is 18.8. The third-order valence-electron chi connectivity index (χ3n) is 7.99. The fourth-order valence-electron chi connectivity index (χ4n) is 5.78. The number of rotatable bonds is 9. The van der Waals surface area contributed by atoms with E-state index >= 15 is 0 Å². The van der Waals surface area contributed by atoms with Crippen LogP contribution in [0.3, 0.4) is 0 Å². The Kier molecular flexibility index (Phi) is 7.71. The molecule has 0 radical (unpaired) electrons. The number of thiophene rings is 1. The summed E-state index contributed by atoms with van der Waals surface area (Å²) in [6.07, 6.45) is 4.68. The lowest BCUT2D eigenvalue weighted by atomic mass is 10.1. The molecule has 1 atom stereocenters. The molecule has 46 heavy (non-hydrogen) atoms. The van der Waals surface area contributed by atoms with Gasteiger partial charge in [0.15, 0.2) is 17.3 Å². The highest BCUT2D eigenvalue weighted by molar-refractivity contribution is 7.17. The van der Waals surface area contributed by atoms with Crippen molar-refractivity contribution in [1.29, 1.82) is 0 Å². The van der Waals surface area contributed by atoms with Crippen LogP contribution in [0.4, 0.5) is 22.9 Å². The van der Waals surface area contributed by atoms with Gasteiger partial charge in [-0.05, 0) is 59.1 Å². The number of nitrogens with one attached hydrogen (secondary N) is 2. The Hall–Kier alpha value is -5.49. The Morgan fingerprint density at radius 2 is 1.93 bits per heavy atom. The number of nitrogens with zero attached hydrogens (tertiary/aromatic N) is 4. The number of fused-ring (bicyclic) bond motifs is 5. The van der Waals surface area contributed by atoms with E-state index in [1.54, 1.807) is 52.4 Å². The molecule has 2 aliphatic rings. The van der Waals surface area contributed by atoms with Gasteiger partial charge < -0.3 is 24.7 Å². The summed E-state index contributed by atoms with van der Waals surface area (Å²) in [5.74, 6) is 0.521. The van der Waals surface area contributed by atoms with Gasteiger partial charge in [0.05, 0.1) is 31.0 Å². The molecule has 12 heteroatoms. The predicted octanol–water partition coefficient (Wildman–Crippen LogP) is 5.98. The topological polar surface area (TPSA) is 127 Å². The van der Waals surface area contributed by atoms with Crippen molar-refractivity contribution in [2.24, 2.45) is 12.0 Å². The van der Waals surface area contributed by atoms with Gasteiger partial charge in [-0.3, -0.25) is 24.3 Å². The Morgan fingerprint density at radius 1 is 1.07 bits per heavy atom. The number of carbonyl (C=O) groups excluding carboxylic acids is 3. The van der Waals surface area contributed by atoms with E-state index in [0.717, 1.165) is 21.3 Å². The SMILES string of the molecule is COc1cc2c(cc1OCCCC(=O)Nc1cn(C)c(C(=O)Nc3ccc4sccc4c3)n1)N=C[C@@H]1Cc3ccccc3N1C2=O. The molecule has 0 spiro atoms. The second kappa shape index (κ2) is 12.1. The van der Waals surface area contributed by atoms with E-state index in [4.69, 9.17) is 9.47 Å². The number of hydrogen-bond donors (Lipinski definition) is 2. The lowest BCUT2D eigenvalue weighted by Gasteiger charge is -2.22. The molecule has 3 aromatic carbocycles. The number of carbonyl (C=O) groups is 3.